The number of hydrogen-bond acceptors (Lipinski definition) is 5. The minimum Gasteiger partial charge on any atom is -0.496 e. The van der Waals surface area contributed by atoms with Gasteiger partial charge in [-0.2, -0.15) is 0 Å². The van der Waals surface area contributed by atoms with Crippen molar-refractivity contribution in [2.45, 2.75) is 12.3 Å². The smallest absolute Gasteiger partial charge is 0.154 e. The van der Waals surface area contributed by atoms with Crippen molar-refractivity contribution < 1.29 is 19.0 Å². The number of likely N-dealkylation sites (tertiary alicyclic amines) is 1. The van der Waals surface area contributed by atoms with Gasteiger partial charge in [0, 0.05) is 17.7 Å². The lowest BCUT2D eigenvalue weighted by Gasteiger charge is -2.29. The number of ketones is 1. The molecular weight excluding hydrogens is 258 g/mol. The third-order valence-corrected chi connectivity index (χ3v) is 3.72. The van der Waals surface area contributed by atoms with Crippen LogP contribution in [-0.2, 0) is 4.79 Å². The summed E-state index contributed by atoms with van der Waals surface area (Å²) in [4.78, 5) is 14.3. The van der Waals surface area contributed by atoms with Gasteiger partial charge in [0.25, 0.3) is 0 Å². The molecule has 0 aliphatic carbocycles. The maximum absolute atomic E-state index is 12.3. The number of piperidine rings is 1. The molecule has 0 spiro atoms. The minimum absolute atomic E-state index is 0.179. The summed E-state index contributed by atoms with van der Waals surface area (Å²) in [5.41, 5.74) is 0.828. The number of hydrogen-bond donors (Lipinski definition) is 0. The Kier molecular flexibility index (Phi) is 4.49. The summed E-state index contributed by atoms with van der Waals surface area (Å²) in [6.07, 6.45) is 0.772. The van der Waals surface area contributed by atoms with Gasteiger partial charge in [0.2, 0.25) is 0 Å². The van der Waals surface area contributed by atoms with Gasteiger partial charge in [-0.15, -0.1) is 0 Å². The molecule has 1 aliphatic rings. The van der Waals surface area contributed by atoms with Crippen LogP contribution in [0.25, 0.3) is 0 Å². The monoisotopic (exact) mass is 279 g/mol. The fourth-order valence-electron chi connectivity index (χ4n) is 2.65. The summed E-state index contributed by atoms with van der Waals surface area (Å²) < 4.78 is 16.1. The third-order valence-electron chi connectivity index (χ3n) is 3.72. The molecule has 1 aromatic rings. The predicted molar refractivity (Wildman–Crippen MR) is 76.0 cm³/mol. The van der Waals surface area contributed by atoms with Crippen LogP contribution >= 0.6 is 0 Å². The van der Waals surface area contributed by atoms with Crippen LogP contribution in [0.2, 0.25) is 0 Å². The Labute approximate surface area is 119 Å². The van der Waals surface area contributed by atoms with E-state index >= 15 is 0 Å². The number of rotatable bonds is 4. The average Bonchev–Trinajstić information content (AvgIpc) is 2.46. The van der Waals surface area contributed by atoms with E-state index in [-0.39, 0.29) is 11.7 Å². The van der Waals surface area contributed by atoms with Crippen LogP contribution in [0.15, 0.2) is 12.1 Å². The van der Waals surface area contributed by atoms with Crippen molar-refractivity contribution in [3.8, 4) is 17.2 Å². The predicted octanol–water partition coefficient (Wildman–Crippen LogP) is 1.70. The molecule has 1 unspecified atom stereocenters. The molecule has 0 bridgehead atoms. The van der Waals surface area contributed by atoms with E-state index in [4.69, 9.17) is 14.2 Å². The molecular formula is C15H21NO4. The first-order valence-electron chi connectivity index (χ1n) is 6.61. The van der Waals surface area contributed by atoms with Crippen LogP contribution in [0.1, 0.15) is 17.9 Å². The maximum Gasteiger partial charge on any atom is 0.154 e. The molecule has 1 aromatic carbocycles. The lowest BCUT2D eigenvalue weighted by atomic mass is 9.87. The number of Topliss-reactive ketones (excluding diaryl/α,β-unsaturated/α-hetero) is 1. The minimum atomic E-state index is -0.179. The maximum atomic E-state index is 12.3. The van der Waals surface area contributed by atoms with E-state index < -0.39 is 0 Å². The summed E-state index contributed by atoms with van der Waals surface area (Å²) in [5.74, 6) is 1.96. The zero-order valence-corrected chi connectivity index (χ0v) is 12.4. The molecule has 1 fully saturated rings. The zero-order chi connectivity index (χ0) is 14.7. The fraction of sp³-hybridized carbons (Fsp3) is 0.533. The average molecular weight is 279 g/mol. The van der Waals surface area contributed by atoms with E-state index in [1.54, 1.807) is 33.5 Å². The van der Waals surface area contributed by atoms with Gasteiger partial charge in [0.15, 0.2) is 5.78 Å². The molecule has 0 N–H and O–H groups in total. The summed E-state index contributed by atoms with van der Waals surface area (Å²) in [5, 5.41) is 0. The van der Waals surface area contributed by atoms with E-state index in [0.717, 1.165) is 18.5 Å². The van der Waals surface area contributed by atoms with Gasteiger partial charge in [0.05, 0.1) is 33.8 Å². The van der Waals surface area contributed by atoms with Crippen LogP contribution < -0.4 is 14.2 Å². The number of carbonyl (C=O) groups is 1. The molecule has 5 nitrogen and oxygen atoms in total. The molecule has 5 heteroatoms. The number of benzene rings is 1. The van der Waals surface area contributed by atoms with E-state index in [9.17, 15) is 4.79 Å². The Hall–Kier alpha value is -1.75. The highest BCUT2D eigenvalue weighted by atomic mass is 16.5. The van der Waals surface area contributed by atoms with E-state index in [1.165, 1.54) is 0 Å². The molecule has 0 aromatic heterocycles. The van der Waals surface area contributed by atoms with Crippen LogP contribution in [0.4, 0.5) is 0 Å². The second-order valence-corrected chi connectivity index (χ2v) is 4.99. The van der Waals surface area contributed by atoms with Gasteiger partial charge in [-0.1, -0.05) is 0 Å². The normalized spacial score (nSPS) is 19.8. The highest BCUT2D eigenvalue weighted by Crippen LogP contribution is 2.41. The standard InChI is InChI=1S/C15H21NO4/c1-16-6-5-11(12(17)9-16)15-13(19-3)7-10(18-2)8-14(15)20-4/h7-8,11H,5-6,9H2,1-4H3. The van der Waals surface area contributed by atoms with Crippen molar-refractivity contribution in [1.82, 2.24) is 4.90 Å². The van der Waals surface area contributed by atoms with Crippen molar-refractivity contribution in [3.05, 3.63) is 17.7 Å². The van der Waals surface area contributed by atoms with Crippen LogP contribution in [0, 0.1) is 0 Å². The number of nitrogens with zero attached hydrogens (tertiary/aromatic N) is 1. The van der Waals surface area contributed by atoms with E-state index in [1.807, 2.05) is 11.9 Å². The Morgan fingerprint density at radius 2 is 1.70 bits per heavy atom. The quantitative estimate of drug-likeness (QED) is 0.839. The Morgan fingerprint density at radius 3 is 2.15 bits per heavy atom. The van der Waals surface area contributed by atoms with Gasteiger partial charge < -0.3 is 14.2 Å². The molecule has 1 atom stereocenters. The lowest BCUT2D eigenvalue weighted by molar-refractivity contribution is -0.123. The fourth-order valence-corrected chi connectivity index (χ4v) is 2.65. The number of methoxy groups -OCH3 is 3. The van der Waals surface area contributed by atoms with Crippen LogP contribution in [-0.4, -0.2) is 52.1 Å². The molecule has 20 heavy (non-hydrogen) atoms. The van der Waals surface area contributed by atoms with Crippen molar-refractivity contribution in [2.75, 3.05) is 41.5 Å². The second kappa shape index (κ2) is 6.13. The first-order chi connectivity index (χ1) is 9.60. The van der Waals surface area contributed by atoms with Gasteiger partial charge in [-0.3, -0.25) is 9.69 Å². The molecule has 110 valence electrons. The summed E-state index contributed by atoms with van der Waals surface area (Å²) in [6.45, 7) is 1.34. The van der Waals surface area contributed by atoms with Gasteiger partial charge in [0.1, 0.15) is 17.2 Å². The molecule has 0 amide bonds. The summed E-state index contributed by atoms with van der Waals surface area (Å²) in [6, 6.07) is 3.59. The topological polar surface area (TPSA) is 48.0 Å². The second-order valence-electron chi connectivity index (χ2n) is 4.99. The lowest BCUT2D eigenvalue weighted by Crippen LogP contribution is -2.37. The van der Waals surface area contributed by atoms with Gasteiger partial charge >= 0.3 is 0 Å². The molecule has 0 saturated carbocycles. The van der Waals surface area contributed by atoms with Crippen molar-refractivity contribution in [3.63, 3.8) is 0 Å². The third kappa shape index (κ3) is 2.72. The van der Waals surface area contributed by atoms with Crippen molar-refractivity contribution in [2.24, 2.45) is 0 Å². The summed E-state index contributed by atoms with van der Waals surface area (Å²) in [7, 11) is 6.74. The molecule has 1 aliphatic heterocycles. The number of carbonyl (C=O) groups excluding carboxylic acids is 1. The molecule has 1 saturated heterocycles. The SMILES string of the molecule is COc1cc(OC)c(C2CCN(C)CC2=O)c(OC)c1. The molecule has 1 heterocycles. The van der Waals surface area contributed by atoms with Crippen LogP contribution in [0.5, 0.6) is 17.2 Å². The largest absolute Gasteiger partial charge is 0.496 e. The number of likely N-dealkylation sites (N-methyl/N-ethyl adjacent to an activating group) is 1. The highest BCUT2D eigenvalue weighted by molar-refractivity contribution is 5.89. The van der Waals surface area contributed by atoms with E-state index in [2.05, 4.69) is 0 Å². The van der Waals surface area contributed by atoms with Gasteiger partial charge in [-0.25, -0.2) is 0 Å². The van der Waals surface area contributed by atoms with Crippen molar-refractivity contribution >= 4 is 5.78 Å². The van der Waals surface area contributed by atoms with Crippen molar-refractivity contribution in [1.29, 1.82) is 0 Å². The number of ether oxygens (including phenoxy) is 3. The first-order valence-corrected chi connectivity index (χ1v) is 6.61. The van der Waals surface area contributed by atoms with Gasteiger partial charge in [-0.05, 0) is 20.0 Å². The summed E-state index contributed by atoms with van der Waals surface area (Å²) >= 11 is 0. The highest BCUT2D eigenvalue weighted by Gasteiger charge is 2.31. The molecule has 0 radical (unpaired) electrons. The Bertz CT molecular complexity index is 476. The Balaban J connectivity index is 2.46. The molecule has 2 rings (SSSR count). The zero-order valence-electron chi connectivity index (χ0n) is 12.4. The van der Waals surface area contributed by atoms with Crippen LogP contribution in [0.3, 0.4) is 0 Å². The Morgan fingerprint density at radius 1 is 1.10 bits per heavy atom. The first kappa shape index (κ1) is 14.7. The van der Waals surface area contributed by atoms with E-state index in [0.29, 0.717) is 23.8 Å².